The van der Waals surface area contributed by atoms with E-state index in [4.69, 9.17) is 10.5 Å². The van der Waals surface area contributed by atoms with Crippen molar-refractivity contribution < 1.29 is 13.2 Å². The van der Waals surface area contributed by atoms with E-state index in [-0.39, 0.29) is 18.8 Å². The van der Waals surface area contributed by atoms with E-state index in [1.807, 2.05) is 12.1 Å². The summed E-state index contributed by atoms with van der Waals surface area (Å²) < 4.78 is 30.4. The van der Waals surface area contributed by atoms with Crippen LogP contribution in [0, 0.1) is 0 Å². The molecule has 3 rings (SSSR count). The number of halogens is 1. The van der Waals surface area contributed by atoms with Gasteiger partial charge in [-0.2, -0.15) is 0 Å². The van der Waals surface area contributed by atoms with Gasteiger partial charge in [0.2, 0.25) is 0 Å². The zero-order chi connectivity index (χ0) is 14.4. The molecule has 0 radical (unpaired) electrons. The van der Waals surface area contributed by atoms with E-state index in [1.165, 1.54) is 0 Å². The van der Waals surface area contributed by atoms with Crippen molar-refractivity contribution in [3.63, 3.8) is 0 Å². The molecule has 2 fully saturated rings. The van der Waals surface area contributed by atoms with Crippen LogP contribution in [0.5, 0.6) is 0 Å². The normalized spacial score (nSPS) is 22.7. The summed E-state index contributed by atoms with van der Waals surface area (Å²) in [7, 11) is -3.31. The highest BCUT2D eigenvalue weighted by Gasteiger charge is 2.36. The summed E-state index contributed by atoms with van der Waals surface area (Å²) in [6.45, 7) is 0.578. The van der Waals surface area contributed by atoms with E-state index in [1.54, 1.807) is 6.07 Å². The summed E-state index contributed by atoms with van der Waals surface area (Å²) in [5, 5.41) is -0.414. The molecule has 1 aliphatic carbocycles. The Morgan fingerprint density at radius 2 is 1.90 bits per heavy atom. The van der Waals surface area contributed by atoms with Gasteiger partial charge in [0.05, 0.1) is 18.1 Å². The number of rotatable bonds is 3. The van der Waals surface area contributed by atoms with Gasteiger partial charge in [0.1, 0.15) is 5.25 Å². The number of ether oxygens (including phenoxy) is 1. The van der Waals surface area contributed by atoms with Crippen molar-refractivity contribution >= 4 is 25.8 Å². The molecule has 2 N–H and O–H groups in total. The molecule has 6 heteroatoms. The van der Waals surface area contributed by atoms with Crippen LogP contribution < -0.4 is 5.73 Å². The highest BCUT2D eigenvalue weighted by Crippen LogP contribution is 2.39. The van der Waals surface area contributed by atoms with Crippen LogP contribution in [0.4, 0.5) is 0 Å². The molecule has 1 saturated heterocycles. The quantitative estimate of drug-likeness (QED) is 0.899. The van der Waals surface area contributed by atoms with Crippen molar-refractivity contribution in [3.8, 4) is 0 Å². The van der Waals surface area contributed by atoms with E-state index >= 15 is 0 Å². The molecule has 1 aromatic rings. The third kappa shape index (κ3) is 2.32. The molecule has 1 heterocycles. The van der Waals surface area contributed by atoms with Crippen LogP contribution in [0.25, 0.3) is 0 Å². The van der Waals surface area contributed by atoms with Crippen molar-refractivity contribution in [1.29, 1.82) is 0 Å². The van der Waals surface area contributed by atoms with Gasteiger partial charge in [-0.15, -0.1) is 0 Å². The predicted octanol–water partition coefficient (Wildman–Crippen LogP) is 2.35. The Morgan fingerprint density at radius 3 is 2.40 bits per heavy atom. The maximum absolute atomic E-state index is 12.4. The largest absolute Gasteiger partial charge is 0.379 e. The first-order chi connectivity index (χ1) is 9.43. The summed E-state index contributed by atoms with van der Waals surface area (Å²) in [6.07, 6.45) is 4.19. The van der Waals surface area contributed by atoms with Crippen LogP contribution >= 0.6 is 15.9 Å². The summed E-state index contributed by atoms with van der Waals surface area (Å²) in [6, 6.07) is 5.42. The number of benzene rings is 1. The fourth-order valence-corrected chi connectivity index (χ4v) is 5.46. The zero-order valence-corrected chi connectivity index (χ0v) is 13.5. The van der Waals surface area contributed by atoms with Gasteiger partial charge in [0.15, 0.2) is 9.84 Å². The standard InChI is InChI=1S/C14H18BrNO3S/c15-12-7-10(14(16)5-1-2-6-14)3-4-13(12)20(17,18)11-8-19-9-11/h3-4,7,11H,1-2,5-6,8-9,16H2. The van der Waals surface area contributed by atoms with E-state index in [0.29, 0.717) is 9.37 Å². The molecule has 1 aromatic carbocycles. The molecule has 110 valence electrons. The van der Waals surface area contributed by atoms with E-state index in [2.05, 4.69) is 15.9 Å². The van der Waals surface area contributed by atoms with Crippen LogP contribution in [0.15, 0.2) is 27.6 Å². The predicted molar refractivity (Wildman–Crippen MR) is 80.3 cm³/mol. The van der Waals surface area contributed by atoms with Crippen molar-refractivity contribution in [1.82, 2.24) is 0 Å². The fraction of sp³-hybridized carbons (Fsp3) is 0.571. The van der Waals surface area contributed by atoms with Crippen molar-refractivity contribution in [3.05, 3.63) is 28.2 Å². The number of hydrogen-bond donors (Lipinski definition) is 1. The monoisotopic (exact) mass is 359 g/mol. The zero-order valence-electron chi connectivity index (χ0n) is 11.1. The second-order valence-electron chi connectivity index (χ2n) is 5.71. The molecule has 0 amide bonds. The lowest BCUT2D eigenvalue weighted by molar-refractivity contribution is 0.0416. The first-order valence-electron chi connectivity index (χ1n) is 6.84. The minimum atomic E-state index is -3.31. The summed E-state index contributed by atoms with van der Waals surface area (Å²) >= 11 is 3.40. The fourth-order valence-electron chi connectivity index (χ4n) is 2.91. The van der Waals surface area contributed by atoms with E-state index in [9.17, 15) is 8.42 Å². The van der Waals surface area contributed by atoms with Gasteiger partial charge < -0.3 is 10.5 Å². The maximum Gasteiger partial charge on any atom is 0.186 e. The Bertz CT molecular complexity index is 619. The average Bonchev–Trinajstić information content (AvgIpc) is 2.74. The lowest BCUT2D eigenvalue weighted by Gasteiger charge is -2.28. The third-order valence-electron chi connectivity index (χ3n) is 4.36. The molecule has 2 aliphatic rings. The van der Waals surface area contributed by atoms with Crippen LogP contribution in [0.3, 0.4) is 0 Å². The summed E-state index contributed by atoms with van der Waals surface area (Å²) in [5.74, 6) is 0. The van der Waals surface area contributed by atoms with Crippen LogP contribution in [-0.2, 0) is 20.1 Å². The molecular weight excluding hydrogens is 342 g/mol. The molecule has 0 atom stereocenters. The van der Waals surface area contributed by atoms with Gasteiger partial charge in [-0.25, -0.2) is 8.42 Å². The van der Waals surface area contributed by atoms with E-state index in [0.717, 1.165) is 31.2 Å². The third-order valence-corrected chi connectivity index (χ3v) is 7.39. The minimum Gasteiger partial charge on any atom is -0.379 e. The second-order valence-corrected chi connectivity index (χ2v) is 8.76. The molecule has 1 aliphatic heterocycles. The van der Waals surface area contributed by atoms with Gasteiger partial charge in [-0.3, -0.25) is 0 Å². The second kappa shape index (κ2) is 5.09. The Kier molecular flexibility index (Phi) is 3.69. The van der Waals surface area contributed by atoms with Crippen molar-refractivity contribution in [2.75, 3.05) is 13.2 Å². The SMILES string of the molecule is NC1(c2ccc(S(=O)(=O)C3COC3)c(Br)c2)CCCC1. The van der Waals surface area contributed by atoms with Crippen molar-refractivity contribution in [2.45, 2.75) is 41.4 Å². The number of hydrogen-bond acceptors (Lipinski definition) is 4. The maximum atomic E-state index is 12.4. The highest BCUT2D eigenvalue weighted by molar-refractivity contribution is 9.10. The lowest BCUT2D eigenvalue weighted by Crippen LogP contribution is -2.40. The number of nitrogens with two attached hydrogens (primary N) is 1. The van der Waals surface area contributed by atoms with Gasteiger partial charge >= 0.3 is 0 Å². The lowest BCUT2D eigenvalue weighted by atomic mass is 9.90. The molecule has 4 nitrogen and oxygen atoms in total. The number of sulfone groups is 1. The first-order valence-corrected chi connectivity index (χ1v) is 9.18. The Balaban J connectivity index is 1.95. The van der Waals surface area contributed by atoms with E-state index < -0.39 is 15.1 Å². The Hall–Kier alpha value is -0.430. The van der Waals surface area contributed by atoms with Gasteiger partial charge in [0.25, 0.3) is 0 Å². The topological polar surface area (TPSA) is 69.4 Å². The van der Waals surface area contributed by atoms with Gasteiger partial charge in [0, 0.05) is 10.0 Å². The first kappa shape index (κ1) is 14.5. The molecule has 0 aromatic heterocycles. The van der Waals surface area contributed by atoms with Crippen LogP contribution in [0.1, 0.15) is 31.2 Å². The summed E-state index contributed by atoms with van der Waals surface area (Å²) in [4.78, 5) is 0.344. The summed E-state index contributed by atoms with van der Waals surface area (Å²) in [5.41, 5.74) is 7.13. The van der Waals surface area contributed by atoms with Crippen molar-refractivity contribution in [2.24, 2.45) is 5.73 Å². The van der Waals surface area contributed by atoms with Crippen LogP contribution in [-0.4, -0.2) is 26.9 Å². The molecule has 0 unspecified atom stereocenters. The Morgan fingerprint density at radius 1 is 1.25 bits per heavy atom. The smallest absolute Gasteiger partial charge is 0.186 e. The highest BCUT2D eigenvalue weighted by atomic mass is 79.9. The minimum absolute atomic E-state index is 0.289. The molecule has 0 bridgehead atoms. The van der Waals surface area contributed by atoms with Gasteiger partial charge in [-0.1, -0.05) is 18.9 Å². The average molecular weight is 360 g/mol. The van der Waals surface area contributed by atoms with Crippen LogP contribution in [0.2, 0.25) is 0 Å². The Labute approximate surface area is 127 Å². The molecular formula is C14H18BrNO3S. The molecule has 1 saturated carbocycles. The molecule has 0 spiro atoms. The molecule has 20 heavy (non-hydrogen) atoms. The van der Waals surface area contributed by atoms with Gasteiger partial charge in [-0.05, 0) is 46.5 Å².